The van der Waals surface area contributed by atoms with Crippen molar-refractivity contribution >= 4 is 17.6 Å². The number of carbonyl (C=O) groups is 2. The summed E-state index contributed by atoms with van der Waals surface area (Å²) in [6.07, 6.45) is 0.399. The number of hydrogen-bond donors (Lipinski definition) is 2. The number of ether oxygens (including phenoxy) is 1. The minimum absolute atomic E-state index is 0.0965. The van der Waals surface area contributed by atoms with Gasteiger partial charge in [-0.3, -0.25) is 19.7 Å². The summed E-state index contributed by atoms with van der Waals surface area (Å²) in [6.45, 7) is 3.66. The molecule has 0 aliphatic carbocycles. The van der Waals surface area contributed by atoms with Gasteiger partial charge in [-0.2, -0.15) is 0 Å². The van der Waals surface area contributed by atoms with Crippen LogP contribution in [0.5, 0.6) is 5.75 Å². The zero-order valence-electron chi connectivity index (χ0n) is 13.2. The van der Waals surface area contributed by atoms with E-state index in [2.05, 4.69) is 5.32 Å². The topological polar surface area (TPSA) is 119 Å². The van der Waals surface area contributed by atoms with E-state index in [1.807, 2.05) is 13.8 Å². The van der Waals surface area contributed by atoms with Gasteiger partial charge in [-0.05, 0) is 24.5 Å². The summed E-state index contributed by atoms with van der Waals surface area (Å²) in [5, 5.41) is 22.6. The Hall–Kier alpha value is -2.64. The first kappa shape index (κ1) is 18.4. The molecule has 1 amide bonds. The van der Waals surface area contributed by atoms with E-state index in [-0.39, 0.29) is 23.7 Å². The van der Waals surface area contributed by atoms with Gasteiger partial charge in [0.15, 0.2) is 0 Å². The molecule has 0 bridgehead atoms. The molecule has 0 aliphatic rings. The van der Waals surface area contributed by atoms with Crippen LogP contribution in [0, 0.1) is 22.0 Å². The van der Waals surface area contributed by atoms with Crippen LogP contribution in [0.1, 0.15) is 30.6 Å². The molecule has 8 heteroatoms. The number of nitrogens with zero attached hydrogens (tertiary/aromatic N) is 1. The summed E-state index contributed by atoms with van der Waals surface area (Å²) in [4.78, 5) is 33.7. The highest BCUT2D eigenvalue weighted by Crippen LogP contribution is 2.24. The Kier molecular flexibility index (Phi) is 6.49. The molecule has 0 spiro atoms. The number of rotatable bonds is 8. The van der Waals surface area contributed by atoms with Crippen LogP contribution in [0.25, 0.3) is 0 Å². The van der Waals surface area contributed by atoms with Crippen LogP contribution in [0.15, 0.2) is 18.2 Å². The smallest absolute Gasteiger partial charge is 0.308 e. The molecule has 8 nitrogen and oxygen atoms in total. The second-order valence-corrected chi connectivity index (χ2v) is 5.51. The Bertz CT molecular complexity index is 600. The van der Waals surface area contributed by atoms with E-state index in [1.165, 1.54) is 25.3 Å². The maximum absolute atomic E-state index is 12.2. The van der Waals surface area contributed by atoms with Crippen LogP contribution in [0.2, 0.25) is 0 Å². The zero-order chi connectivity index (χ0) is 17.6. The van der Waals surface area contributed by atoms with Crippen LogP contribution in [0.3, 0.4) is 0 Å². The molecule has 23 heavy (non-hydrogen) atoms. The van der Waals surface area contributed by atoms with Crippen molar-refractivity contribution in [2.45, 2.75) is 20.3 Å². The lowest BCUT2D eigenvalue weighted by Crippen LogP contribution is -2.34. The number of amides is 1. The van der Waals surface area contributed by atoms with Crippen molar-refractivity contribution in [1.82, 2.24) is 5.32 Å². The predicted molar refractivity (Wildman–Crippen MR) is 82.6 cm³/mol. The fraction of sp³-hybridized carbons (Fsp3) is 0.467. The first-order valence-electron chi connectivity index (χ1n) is 7.09. The molecule has 0 fully saturated rings. The summed E-state index contributed by atoms with van der Waals surface area (Å²) < 4.78 is 4.96. The van der Waals surface area contributed by atoms with Gasteiger partial charge in [0.05, 0.1) is 18.0 Å². The molecule has 2 N–H and O–H groups in total. The summed E-state index contributed by atoms with van der Waals surface area (Å²) in [6, 6.07) is 3.82. The third-order valence-electron chi connectivity index (χ3n) is 3.26. The van der Waals surface area contributed by atoms with Gasteiger partial charge < -0.3 is 15.2 Å². The molecule has 0 saturated carbocycles. The van der Waals surface area contributed by atoms with Crippen LogP contribution < -0.4 is 10.1 Å². The first-order chi connectivity index (χ1) is 10.8. The number of carboxylic acid groups (broad SMARTS) is 1. The van der Waals surface area contributed by atoms with Crippen molar-refractivity contribution in [2.75, 3.05) is 13.7 Å². The molecule has 1 rings (SSSR count). The zero-order valence-corrected chi connectivity index (χ0v) is 13.2. The summed E-state index contributed by atoms with van der Waals surface area (Å²) in [5.41, 5.74) is -0.526. The fourth-order valence-electron chi connectivity index (χ4n) is 2.13. The Morgan fingerprint density at radius 3 is 2.52 bits per heavy atom. The number of carbonyl (C=O) groups excluding carboxylic acids is 1. The SMILES string of the molecule is COc1ccc([N+](=O)[O-])c(C(=O)NCC(CC(C)C)C(=O)O)c1. The second kappa shape index (κ2) is 8.11. The van der Waals surface area contributed by atoms with E-state index in [9.17, 15) is 19.7 Å². The van der Waals surface area contributed by atoms with Crippen molar-refractivity contribution < 1.29 is 24.4 Å². The lowest BCUT2D eigenvalue weighted by atomic mass is 9.97. The molecule has 0 heterocycles. The Morgan fingerprint density at radius 1 is 1.39 bits per heavy atom. The van der Waals surface area contributed by atoms with Gasteiger partial charge in [0, 0.05) is 12.6 Å². The van der Waals surface area contributed by atoms with E-state index < -0.39 is 22.7 Å². The van der Waals surface area contributed by atoms with Crippen molar-refractivity contribution in [3.8, 4) is 5.75 Å². The molecule has 1 atom stereocenters. The standard InChI is InChI=1S/C15H20N2O6/c1-9(2)6-10(15(19)20)8-16-14(18)12-7-11(23-3)4-5-13(12)17(21)22/h4-5,7,9-10H,6,8H2,1-3H3,(H,16,18)(H,19,20). The highest BCUT2D eigenvalue weighted by molar-refractivity contribution is 5.98. The third-order valence-corrected chi connectivity index (χ3v) is 3.26. The Labute approximate surface area is 133 Å². The number of nitrogens with one attached hydrogen (secondary N) is 1. The van der Waals surface area contributed by atoms with Crippen LogP contribution in [-0.4, -0.2) is 35.6 Å². The predicted octanol–water partition coefficient (Wildman–Crippen LogP) is 2.08. The largest absolute Gasteiger partial charge is 0.497 e. The van der Waals surface area contributed by atoms with E-state index in [0.29, 0.717) is 12.2 Å². The highest BCUT2D eigenvalue weighted by atomic mass is 16.6. The van der Waals surface area contributed by atoms with Gasteiger partial charge in [0.2, 0.25) is 0 Å². The normalized spacial score (nSPS) is 11.8. The molecular weight excluding hydrogens is 304 g/mol. The Balaban J connectivity index is 2.92. The molecule has 0 radical (unpaired) electrons. The van der Waals surface area contributed by atoms with E-state index in [4.69, 9.17) is 9.84 Å². The Morgan fingerprint density at radius 2 is 2.04 bits per heavy atom. The molecule has 1 aromatic carbocycles. The highest BCUT2D eigenvalue weighted by Gasteiger charge is 2.24. The number of carboxylic acids is 1. The van der Waals surface area contributed by atoms with E-state index in [1.54, 1.807) is 0 Å². The number of hydrogen-bond acceptors (Lipinski definition) is 5. The first-order valence-corrected chi connectivity index (χ1v) is 7.09. The van der Waals surface area contributed by atoms with Crippen molar-refractivity contribution in [2.24, 2.45) is 11.8 Å². The van der Waals surface area contributed by atoms with Gasteiger partial charge >= 0.3 is 5.97 Å². The molecule has 0 saturated heterocycles. The van der Waals surface area contributed by atoms with Gasteiger partial charge in [0.1, 0.15) is 11.3 Å². The second-order valence-electron chi connectivity index (χ2n) is 5.51. The number of methoxy groups -OCH3 is 1. The average Bonchev–Trinajstić information content (AvgIpc) is 2.49. The van der Waals surface area contributed by atoms with E-state index in [0.717, 1.165) is 0 Å². The molecule has 1 aromatic rings. The maximum atomic E-state index is 12.2. The number of aliphatic carboxylic acids is 1. The molecular formula is C15H20N2O6. The van der Waals surface area contributed by atoms with E-state index >= 15 is 0 Å². The number of benzene rings is 1. The van der Waals surface area contributed by atoms with Crippen molar-refractivity contribution in [1.29, 1.82) is 0 Å². The van der Waals surface area contributed by atoms with Crippen LogP contribution in [0.4, 0.5) is 5.69 Å². The lowest BCUT2D eigenvalue weighted by Gasteiger charge is -2.15. The number of nitro benzene ring substituents is 1. The number of nitro groups is 1. The van der Waals surface area contributed by atoms with Gasteiger partial charge in [-0.15, -0.1) is 0 Å². The van der Waals surface area contributed by atoms with Crippen LogP contribution >= 0.6 is 0 Å². The monoisotopic (exact) mass is 324 g/mol. The molecule has 0 aliphatic heterocycles. The molecule has 0 aromatic heterocycles. The lowest BCUT2D eigenvalue weighted by molar-refractivity contribution is -0.385. The van der Waals surface area contributed by atoms with Gasteiger partial charge in [-0.25, -0.2) is 0 Å². The summed E-state index contributed by atoms with van der Waals surface area (Å²) in [7, 11) is 1.38. The fourth-order valence-corrected chi connectivity index (χ4v) is 2.13. The minimum Gasteiger partial charge on any atom is -0.497 e. The molecule has 1 unspecified atom stereocenters. The van der Waals surface area contributed by atoms with Crippen molar-refractivity contribution in [3.05, 3.63) is 33.9 Å². The van der Waals surface area contributed by atoms with Crippen LogP contribution in [-0.2, 0) is 4.79 Å². The minimum atomic E-state index is -1.01. The summed E-state index contributed by atoms with van der Waals surface area (Å²) >= 11 is 0. The van der Waals surface area contributed by atoms with Gasteiger partial charge in [0.25, 0.3) is 11.6 Å². The third kappa shape index (κ3) is 5.24. The summed E-state index contributed by atoms with van der Waals surface area (Å²) in [5.74, 6) is -2.01. The van der Waals surface area contributed by atoms with Gasteiger partial charge in [-0.1, -0.05) is 13.8 Å². The maximum Gasteiger partial charge on any atom is 0.308 e. The molecule has 126 valence electrons. The quantitative estimate of drug-likeness (QED) is 0.558. The van der Waals surface area contributed by atoms with Crippen molar-refractivity contribution in [3.63, 3.8) is 0 Å². The average molecular weight is 324 g/mol.